The number of phenols is 2. The SMILES string of the molecule is O=C(CCC(=O)OC[C@H]1O[C@@H](O)[C@H](O)[C@@H](O)[C@H]1O)NCCc1ccc(O)c(O)c1. The van der Waals surface area contributed by atoms with Gasteiger partial charge in [-0.15, -0.1) is 0 Å². The molecule has 1 amide bonds. The van der Waals surface area contributed by atoms with Crippen molar-refractivity contribution in [3.8, 4) is 11.5 Å². The number of carbonyl (C=O) groups excluding carboxylic acids is 2. The Labute approximate surface area is 166 Å². The molecule has 29 heavy (non-hydrogen) atoms. The molecule has 1 saturated heterocycles. The molecule has 1 aliphatic rings. The van der Waals surface area contributed by atoms with E-state index in [4.69, 9.17) is 9.47 Å². The average molecular weight is 415 g/mol. The summed E-state index contributed by atoms with van der Waals surface area (Å²) in [7, 11) is 0. The minimum absolute atomic E-state index is 0.141. The minimum atomic E-state index is -1.72. The molecule has 0 unspecified atom stereocenters. The number of nitrogens with one attached hydrogen (secondary N) is 1. The van der Waals surface area contributed by atoms with Crippen molar-refractivity contribution in [3.05, 3.63) is 23.8 Å². The van der Waals surface area contributed by atoms with Crippen LogP contribution in [-0.2, 0) is 25.5 Å². The van der Waals surface area contributed by atoms with Gasteiger partial charge in [0.15, 0.2) is 17.8 Å². The maximum Gasteiger partial charge on any atom is 0.306 e. The van der Waals surface area contributed by atoms with Crippen LogP contribution in [0.5, 0.6) is 11.5 Å². The number of amides is 1. The van der Waals surface area contributed by atoms with E-state index >= 15 is 0 Å². The molecule has 1 fully saturated rings. The van der Waals surface area contributed by atoms with Crippen LogP contribution in [0.4, 0.5) is 0 Å². The fraction of sp³-hybridized carbons (Fsp3) is 0.556. The summed E-state index contributed by atoms with van der Waals surface area (Å²) in [5, 5.41) is 59.3. The summed E-state index contributed by atoms with van der Waals surface area (Å²) in [6.45, 7) is -0.203. The number of aromatic hydroxyl groups is 2. The molecule has 0 spiro atoms. The monoisotopic (exact) mass is 415 g/mol. The molecule has 1 heterocycles. The van der Waals surface area contributed by atoms with Crippen LogP contribution < -0.4 is 5.32 Å². The summed E-state index contributed by atoms with van der Waals surface area (Å²) in [4.78, 5) is 23.5. The Morgan fingerprint density at radius 1 is 1.00 bits per heavy atom. The molecular formula is C18H25NO10. The lowest BCUT2D eigenvalue weighted by molar-refractivity contribution is -0.287. The number of ether oxygens (including phenoxy) is 2. The van der Waals surface area contributed by atoms with Crippen molar-refractivity contribution in [3.63, 3.8) is 0 Å². The Hall–Kier alpha value is -2.44. The van der Waals surface area contributed by atoms with Crippen LogP contribution in [0.3, 0.4) is 0 Å². The number of benzene rings is 1. The van der Waals surface area contributed by atoms with Gasteiger partial charge in [-0.25, -0.2) is 0 Å². The summed E-state index contributed by atoms with van der Waals surface area (Å²) >= 11 is 0. The zero-order valence-corrected chi connectivity index (χ0v) is 15.5. The van der Waals surface area contributed by atoms with E-state index in [0.29, 0.717) is 12.0 Å². The normalized spacial score (nSPS) is 26.7. The fourth-order valence-electron chi connectivity index (χ4n) is 2.69. The molecule has 0 radical (unpaired) electrons. The van der Waals surface area contributed by atoms with Crippen molar-refractivity contribution in [2.45, 2.75) is 50.0 Å². The number of rotatable bonds is 8. The number of hydrogen-bond acceptors (Lipinski definition) is 10. The Morgan fingerprint density at radius 2 is 1.72 bits per heavy atom. The van der Waals surface area contributed by atoms with Gasteiger partial charge in [0.25, 0.3) is 0 Å². The largest absolute Gasteiger partial charge is 0.504 e. The highest BCUT2D eigenvalue weighted by Crippen LogP contribution is 2.24. The predicted octanol–water partition coefficient (Wildman–Crippen LogP) is -2.12. The molecule has 0 aromatic heterocycles. The number of phenolic OH excluding ortho intramolecular Hbond substituents is 2. The van der Waals surface area contributed by atoms with Gasteiger partial charge in [0.2, 0.25) is 5.91 Å². The Kier molecular flexibility index (Phi) is 8.17. The van der Waals surface area contributed by atoms with Gasteiger partial charge in [0.05, 0.1) is 6.42 Å². The summed E-state index contributed by atoms with van der Waals surface area (Å²) in [6, 6.07) is 4.33. The average Bonchev–Trinajstić information content (AvgIpc) is 2.69. The van der Waals surface area contributed by atoms with E-state index in [0.717, 1.165) is 0 Å². The smallest absolute Gasteiger partial charge is 0.306 e. The van der Waals surface area contributed by atoms with E-state index in [1.54, 1.807) is 6.07 Å². The fourth-order valence-corrected chi connectivity index (χ4v) is 2.69. The minimum Gasteiger partial charge on any atom is -0.504 e. The lowest BCUT2D eigenvalue weighted by Crippen LogP contribution is -2.58. The molecular weight excluding hydrogens is 390 g/mol. The Balaban J connectivity index is 1.64. The first-order chi connectivity index (χ1) is 13.7. The van der Waals surface area contributed by atoms with Gasteiger partial charge in [-0.3, -0.25) is 9.59 Å². The van der Waals surface area contributed by atoms with E-state index in [-0.39, 0.29) is 30.9 Å². The zero-order valence-electron chi connectivity index (χ0n) is 15.5. The second-order valence-corrected chi connectivity index (χ2v) is 6.64. The highest BCUT2D eigenvalue weighted by Gasteiger charge is 2.43. The standard InChI is InChI=1S/C18H25NO10/c20-10-2-1-9(7-11(10)21)5-6-19-13(22)3-4-14(23)28-8-12-15(24)16(25)17(26)18(27)29-12/h1-2,7,12,15-18,20-21,24-27H,3-6,8H2,(H,19,22)/t12-,15+,16+,17-,18-/m1/s1. The van der Waals surface area contributed by atoms with Crippen molar-refractivity contribution < 1.29 is 49.7 Å². The van der Waals surface area contributed by atoms with Crippen LogP contribution in [0.2, 0.25) is 0 Å². The van der Waals surface area contributed by atoms with E-state index in [1.165, 1.54) is 12.1 Å². The molecule has 1 aromatic rings. The lowest BCUT2D eigenvalue weighted by Gasteiger charge is -2.37. The molecule has 162 valence electrons. The van der Waals surface area contributed by atoms with Crippen molar-refractivity contribution in [2.24, 2.45) is 0 Å². The van der Waals surface area contributed by atoms with Crippen molar-refractivity contribution in [1.29, 1.82) is 0 Å². The highest BCUT2D eigenvalue weighted by atomic mass is 16.6. The van der Waals surface area contributed by atoms with Gasteiger partial charge >= 0.3 is 5.97 Å². The van der Waals surface area contributed by atoms with E-state index in [9.17, 15) is 40.2 Å². The summed E-state index contributed by atoms with van der Waals surface area (Å²) in [5.41, 5.74) is 0.709. The topological polar surface area (TPSA) is 186 Å². The molecule has 0 aliphatic carbocycles. The third kappa shape index (κ3) is 6.54. The lowest BCUT2D eigenvalue weighted by atomic mass is 9.99. The van der Waals surface area contributed by atoms with Gasteiger partial charge in [-0.1, -0.05) is 6.07 Å². The number of hydrogen-bond donors (Lipinski definition) is 7. The third-order valence-corrected chi connectivity index (χ3v) is 4.43. The van der Waals surface area contributed by atoms with E-state index in [1.807, 2.05) is 0 Å². The number of aliphatic hydroxyl groups is 4. The zero-order chi connectivity index (χ0) is 21.6. The first kappa shape index (κ1) is 22.8. The molecule has 1 aliphatic heterocycles. The predicted molar refractivity (Wildman–Crippen MR) is 95.6 cm³/mol. The van der Waals surface area contributed by atoms with E-state index < -0.39 is 49.2 Å². The first-order valence-corrected chi connectivity index (χ1v) is 9.00. The molecule has 2 rings (SSSR count). The summed E-state index contributed by atoms with van der Waals surface area (Å²) in [5.74, 6) is -1.62. The number of carbonyl (C=O) groups is 2. The highest BCUT2D eigenvalue weighted by molar-refractivity contribution is 5.81. The van der Waals surface area contributed by atoms with Gasteiger partial charge in [0.1, 0.15) is 31.0 Å². The van der Waals surface area contributed by atoms with E-state index in [2.05, 4.69) is 5.32 Å². The Morgan fingerprint density at radius 3 is 2.41 bits per heavy atom. The van der Waals surface area contributed by atoms with Crippen LogP contribution in [0.1, 0.15) is 18.4 Å². The molecule has 0 bridgehead atoms. The molecule has 7 N–H and O–H groups in total. The Bertz CT molecular complexity index is 712. The molecule has 11 nitrogen and oxygen atoms in total. The van der Waals surface area contributed by atoms with Crippen LogP contribution in [0, 0.1) is 0 Å². The number of esters is 1. The maximum absolute atomic E-state index is 11.8. The molecule has 0 saturated carbocycles. The van der Waals surface area contributed by atoms with Crippen LogP contribution in [0.15, 0.2) is 18.2 Å². The number of aliphatic hydroxyl groups excluding tert-OH is 4. The van der Waals surface area contributed by atoms with Crippen LogP contribution in [-0.4, -0.2) is 86.4 Å². The third-order valence-electron chi connectivity index (χ3n) is 4.43. The summed E-state index contributed by atoms with van der Waals surface area (Å²) in [6.07, 6.45) is -7.78. The van der Waals surface area contributed by atoms with Crippen molar-refractivity contribution >= 4 is 11.9 Å². The first-order valence-electron chi connectivity index (χ1n) is 9.00. The maximum atomic E-state index is 11.8. The van der Waals surface area contributed by atoms with Crippen LogP contribution >= 0.6 is 0 Å². The molecule has 1 aromatic carbocycles. The quantitative estimate of drug-likeness (QED) is 0.183. The van der Waals surface area contributed by atoms with Gasteiger partial charge < -0.3 is 45.4 Å². The van der Waals surface area contributed by atoms with Crippen LogP contribution in [0.25, 0.3) is 0 Å². The van der Waals surface area contributed by atoms with Gasteiger partial charge in [-0.2, -0.15) is 0 Å². The second kappa shape index (κ2) is 10.4. The second-order valence-electron chi connectivity index (χ2n) is 6.64. The van der Waals surface area contributed by atoms with Crippen molar-refractivity contribution in [1.82, 2.24) is 5.32 Å². The summed E-state index contributed by atoms with van der Waals surface area (Å²) < 4.78 is 9.75. The molecule has 11 heteroatoms. The van der Waals surface area contributed by atoms with Gasteiger partial charge in [-0.05, 0) is 24.1 Å². The van der Waals surface area contributed by atoms with Crippen molar-refractivity contribution in [2.75, 3.05) is 13.2 Å². The van der Waals surface area contributed by atoms with Gasteiger partial charge in [0, 0.05) is 13.0 Å². The molecule has 5 atom stereocenters.